The maximum Gasteiger partial charge on any atom is 0.443 e. The molecular formula is C11H17F2NO4. The molecule has 0 radical (unpaired) electrons. The Morgan fingerprint density at radius 3 is 2.28 bits per heavy atom. The number of carbonyl (C=O) groups is 2. The normalized spacial score (nSPS) is 22.6. The van der Waals surface area contributed by atoms with Gasteiger partial charge in [0.2, 0.25) is 6.43 Å². The number of rotatable bonds is 2. The first-order valence-corrected chi connectivity index (χ1v) is 5.58. The Morgan fingerprint density at radius 2 is 1.89 bits per heavy atom. The predicted octanol–water partition coefficient (Wildman–Crippen LogP) is 2.21. The zero-order valence-electron chi connectivity index (χ0n) is 10.8. The van der Waals surface area contributed by atoms with Crippen LogP contribution in [0.3, 0.4) is 0 Å². The highest BCUT2D eigenvalue weighted by Gasteiger charge is 2.50. The molecule has 1 fully saturated rings. The Balaban J connectivity index is 2.39. The van der Waals surface area contributed by atoms with Gasteiger partial charge in [0, 0.05) is 5.92 Å². The molecule has 0 N–H and O–H groups in total. The molecule has 1 aliphatic rings. The van der Waals surface area contributed by atoms with Crippen LogP contribution in [0.5, 0.6) is 0 Å². The second-order valence-electron chi connectivity index (χ2n) is 5.23. The van der Waals surface area contributed by atoms with Crippen LogP contribution in [0.2, 0.25) is 0 Å². The summed E-state index contributed by atoms with van der Waals surface area (Å²) in [5.41, 5.74) is -0.719. The second kappa shape index (κ2) is 5.07. The van der Waals surface area contributed by atoms with Gasteiger partial charge in [0.05, 0.1) is 13.0 Å². The molecule has 1 saturated carbocycles. The molecule has 1 rings (SSSR count). The third-order valence-electron chi connectivity index (χ3n) is 2.34. The van der Waals surface area contributed by atoms with Crippen molar-refractivity contribution in [1.82, 2.24) is 5.06 Å². The van der Waals surface area contributed by atoms with Crippen LogP contribution in [-0.2, 0) is 14.4 Å². The third-order valence-corrected chi connectivity index (χ3v) is 2.34. The number of hydrogen-bond acceptors (Lipinski definition) is 4. The van der Waals surface area contributed by atoms with Crippen LogP contribution in [-0.4, -0.2) is 36.2 Å². The summed E-state index contributed by atoms with van der Waals surface area (Å²) in [5.74, 6) is -2.60. The van der Waals surface area contributed by atoms with Gasteiger partial charge in [0.15, 0.2) is 0 Å². The van der Waals surface area contributed by atoms with Gasteiger partial charge in [0.25, 0.3) is 0 Å². The van der Waals surface area contributed by atoms with Gasteiger partial charge in [-0.2, -0.15) is 0 Å². The highest BCUT2D eigenvalue weighted by atomic mass is 19.3. The molecule has 0 aliphatic heterocycles. The number of hydrogen-bond donors (Lipinski definition) is 0. The first kappa shape index (κ1) is 14.7. The van der Waals surface area contributed by atoms with Crippen molar-refractivity contribution in [2.75, 3.05) is 7.05 Å². The second-order valence-corrected chi connectivity index (χ2v) is 5.23. The number of carbonyl (C=O) groups excluding carboxylic acids is 2. The van der Waals surface area contributed by atoms with Gasteiger partial charge >= 0.3 is 12.1 Å². The number of amides is 1. The van der Waals surface area contributed by atoms with Crippen LogP contribution in [0.25, 0.3) is 0 Å². The van der Waals surface area contributed by atoms with Crippen molar-refractivity contribution in [3.05, 3.63) is 0 Å². The van der Waals surface area contributed by atoms with Crippen LogP contribution >= 0.6 is 0 Å². The molecule has 0 aromatic carbocycles. The number of ether oxygens (including phenoxy) is 1. The van der Waals surface area contributed by atoms with Crippen molar-refractivity contribution in [2.24, 2.45) is 11.8 Å². The quantitative estimate of drug-likeness (QED) is 0.718. The summed E-state index contributed by atoms with van der Waals surface area (Å²) in [6.07, 6.45) is -3.28. The van der Waals surface area contributed by atoms with Gasteiger partial charge in [0.1, 0.15) is 5.60 Å². The van der Waals surface area contributed by atoms with E-state index in [2.05, 4.69) is 4.84 Å². The van der Waals surface area contributed by atoms with Gasteiger partial charge in [-0.25, -0.2) is 18.4 Å². The lowest BCUT2D eigenvalue weighted by Gasteiger charge is -2.23. The van der Waals surface area contributed by atoms with E-state index in [-0.39, 0.29) is 6.42 Å². The third kappa shape index (κ3) is 4.12. The van der Waals surface area contributed by atoms with E-state index in [0.717, 1.165) is 0 Å². The Labute approximate surface area is 104 Å². The average Bonchev–Trinajstić information content (AvgIpc) is 2.93. The van der Waals surface area contributed by atoms with Crippen molar-refractivity contribution in [3.63, 3.8) is 0 Å². The molecule has 18 heavy (non-hydrogen) atoms. The smallest absolute Gasteiger partial charge is 0.442 e. The number of halogens is 2. The number of nitrogens with zero attached hydrogens (tertiary/aromatic N) is 1. The molecule has 5 nitrogen and oxygen atoms in total. The highest BCUT2D eigenvalue weighted by Crippen LogP contribution is 2.43. The molecule has 104 valence electrons. The van der Waals surface area contributed by atoms with E-state index in [0.29, 0.717) is 5.06 Å². The lowest BCUT2D eigenvalue weighted by atomic mass is 10.2. The molecule has 2 unspecified atom stereocenters. The van der Waals surface area contributed by atoms with Crippen molar-refractivity contribution in [2.45, 2.75) is 39.2 Å². The fraction of sp³-hybridized carbons (Fsp3) is 0.818. The first-order valence-electron chi connectivity index (χ1n) is 5.58. The summed E-state index contributed by atoms with van der Waals surface area (Å²) in [6.45, 7) is 4.98. The molecule has 0 bridgehead atoms. The lowest BCUT2D eigenvalue weighted by molar-refractivity contribution is -0.181. The summed E-state index contributed by atoms with van der Waals surface area (Å²) in [4.78, 5) is 27.5. The zero-order chi connectivity index (χ0) is 14.1. The molecule has 0 saturated heterocycles. The van der Waals surface area contributed by atoms with Gasteiger partial charge in [-0.3, -0.25) is 0 Å². The van der Waals surface area contributed by atoms with E-state index in [1.54, 1.807) is 20.8 Å². The van der Waals surface area contributed by atoms with E-state index in [1.165, 1.54) is 7.05 Å². The average molecular weight is 265 g/mol. The Bertz CT molecular complexity index is 340. The van der Waals surface area contributed by atoms with Crippen LogP contribution in [0.15, 0.2) is 0 Å². The monoisotopic (exact) mass is 265 g/mol. The van der Waals surface area contributed by atoms with Crippen molar-refractivity contribution in [1.29, 1.82) is 0 Å². The largest absolute Gasteiger partial charge is 0.443 e. The molecule has 0 aromatic rings. The van der Waals surface area contributed by atoms with E-state index in [1.807, 2.05) is 0 Å². The molecule has 2 atom stereocenters. The predicted molar refractivity (Wildman–Crippen MR) is 57.7 cm³/mol. The molecule has 7 heteroatoms. The van der Waals surface area contributed by atoms with Gasteiger partial charge in [-0.15, -0.1) is 5.06 Å². The Kier molecular flexibility index (Phi) is 4.13. The van der Waals surface area contributed by atoms with Gasteiger partial charge in [-0.05, 0) is 27.2 Å². The minimum absolute atomic E-state index is 0.0959. The number of hydroxylamine groups is 2. The van der Waals surface area contributed by atoms with Crippen LogP contribution in [0.1, 0.15) is 27.2 Å². The summed E-state index contributed by atoms with van der Waals surface area (Å²) in [6, 6.07) is 0. The standard InChI is InChI=1S/C11H17F2NO4/c1-11(2,3)17-10(16)14(4)18-9(15)7-5-6(7)8(12)13/h6-8H,5H2,1-4H3. The first-order chi connectivity index (χ1) is 8.11. The zero-order valence-corrected chi connectivity index (χ0v) is 10.8. The van der Waals surface area contributed by atoms with Crippen molar-refractivity contribution >= 4 is 12.1 Å². The van der Waals surface area contributed by atoms with E-state index in [4.69, 9.17) is 4.74 Å². The maximum absolute atomic E-state index is 12.2. The van der Waals surface area contributed by atoms with Crippen LogP contribution < -0.4 is 0 Å². The van der Waals surface area contributed by atoms with Gasteiger partial charge < -0.3 is 9.57 Å². The Morgan fingerprint density at radius 1 is 1.33 bits per heavy atom. The maximum atomic E-state index is 12.2. The molecule has 0 heterocycles. The molecular weight excluding hydrogens is 248 g/mol. The van der Waals surface area contributed by atoms with Crippen LogP contribution in [0, 0.1) is 11.8 Å². The molecule has 0 aromatic heterocycles. The number of alkyl halides is 2. The SMILES string of the molecule is CN(OC(=O)C1CC1C(F)F)C(=O)OC(C)(C)C. The van der Waals surface area contributed by atoms with Crippen LogP contribution in [0.4, 0.5) is 13.6 Å². The fourth-order valence-corrected chi connectivity index (χ4v) is 1.33. The minimum Gasteiger partial charge on any atom is -0.442 e. The summed E-state index contributed by atoms with van der Waals surface area (Å²) >= 11 is 0. The van der Waals surface area contributed by atoms with Crippen molar-refractivity contribution < 1.29 is 27.9 Å². The topological polar surface area (TPSA) is 55.8 Å². The minimum atomic E-state index is -2.53. The molecule has 1 amide bonds. The van der Waals surface area contributed by atoms with E-state index >= 15 is 0 Å². The van der Waals surface area contributed by atoms with E-state index in [9.17, 15) is 18.4 Å². The highest BCUT2D eigenvalue weighted by molar-refractivity contribution is 5.77. The molecule has 0 spiro atoms. The molecule has 1 aliphatic carbocycles. The Hall–Kier alpha value is -1.40. The summed E-state index contributed by atoms with van der Waals surface area (Å²) in [5, 5.41) is 0.619. The lowest BCUT2D eigenvalue weighted by Crippen LogP contribution is -2.36. The van der Waals surface area contributed by atoms with E-state index < -0.39 is 35.9 Å². The summed E-state index contributed by atoms with van der Waals surface area (Å²) in [7, 11) is 1.20. The van der Waals surface area contributed by atoms with Gasteiger partial charge in [-0.1, -0.05) is 0 Å². The summed E-state index contributed by atoms with van der Waals surface area (Å²) < 4.78 is 29.4. The fourth-order valence-electron chi connectivity index (χ4n) is 1.33. The van der Waals surface area contributed by atoms with Crippen molar-refractivity contribution in [3.8, 4) is 0 Å².